The maximum absolute atomic E-state index is 12.1. The van der Waals surface area contributed by atoms with Crippen LogP contribution in [-0.4, -0.2) is 24.4 Å². The minimum Gasteiger partial charge on any atom is -0.456 e. The lowest BCUT2D eigenvalue weighted by Crippen LogP contribution is -2.22. The molecule has 0 saturated carbocycles. The summed E-state index contributed by atoms with van der Waals surface area (Å²) in [5, 5.41) is 5.62. The van der Waals surface area contributed by atoms with Crippen LogP contribution >= 0.6 is 0 Å². The number of hydrogen-bond donors (Lipinski definition) is 2. The molecule has 0 aliphatic heterocycles. The lowest BCUT2D eigenvalue weighted by molar-refractivity contribution is -0.147. The van der Waals surface area contributed by atoms with Gasteiger partial charge in [0.2, 0.25) is 5.91 Å². The summed E-state index contributed by atoms with van der Waals surface area (Å²) in [5.41, 5.74) is 5.45. The maximum Gasteiger partial charge on any atom is 0.306 e. The second-order valence-corrected chi connectivity index (χ2v) is 7.20. The molecule has 0 atom stereocenters. The number of esters is 1. The van der Waals surface area contributed by atoms with Crippen molar-refractivity contribution in [1.29, 1.82) is 0 Å². The topological polar surface area (TPSA) is 84.5 Å². The van der Waals surface area contributed by atoms with Crippen LogP contribution in [0.2, 0.25) is 0 Å². The lowest BCUT2D eigenvalue weighted by Gasteiger charge is -2.11. The molecule has 0 saturated heterocycles. The van der Waals surface area contributed by atoms with E-state index in [2.05, 4.69) is 10.6 Å². The summed E-state index contributed by atoms with van der Waals surface area (Å²) in [6.07, 6.45) is 0.641. The summed E-state index contributed by atoms with van der Waals surface area (Å²) < 4.78 is 5.01. The highest BCUT2D eigenvalue weighted by molar-refractivity contribution is 5.94. The summed E-state index contributed by atoms with van der Waals surface area (Å²) in [6.45, 7) is 7.34. The first-order valence-electron chi connectivity index (χ1n) is 9.65. The highest BCUT2D eigenvalue weighted by atomic mass is 16.5. The SMILES string of the molecule is Cc1ccc(C)c(NC(=O)CCCC(=O)OCC(=O)Nc2c(C)cccc2C)c1. The highest BCUT2D eigenvalue weighted by Gasteiger charge is 2.12. The molecule has 2 amide bonds. The van der Waals surface area contributed by atoms with Gasteiger partial charge in [0.05, 0.1) is 0 Å². The normalized spacial score (nSPS) is 10.3. The first-order valence-corrected chi connectivity index (χ1v) is 9.65. The molecule has 0 fully saturated rings. The molecule has 0 aromatic heterocycles. The van der Waals surface area contributed by atoms with Crippen molar-refractivity contribution in [2.45, 2.75) is 47.0 Å². The Bertz CT molecular complexity index is 885. The van der Waals surface area contributed by atoms with Gasteiger partial charge in [0, 0.05) is 24.2 Å². The molecule has 2 rings (SSSR count). The van der Waals surface area contributed by atoms with Crippen LogP contribution in [0.25, 0.3) is 0 Å². The molecule has 6 nitrogen and oxygen atoms in total. The highest BCUT2D eigenvalue weighted by Crippen LogP contribution is 2.19. The monoisotopic (exact) mass is 396 g/mol. The lowest BCUT2D eigenvalue weighted by atomic mass is 10.1. The van der Waals surface area contributed by atoms with Gasteiger partial charge in [-0.15, -0.1) is 0 Å². The Hall–Kier alpha value is -3.15. The Morgan fingerprint density at radius 3 is 2.21 bits per heavy atom. The zero-order chi connectivity index (χ0) is 21.4. The van der Waals surface area contributed by atoms with Crippen LogP contribution in [0.15, 0.2) is 36.4 Å². The third-order valence-electron chi connectivity index (χ3n) is 4.56. The number of amides is 2. The number of hydrogen-bond acceptors (Lipinski definition) is 4. The van der Waals surface area contributed by atoms with Crippen LogP contribution in [0.1, 0.15) is 41.5 Å². The van der Waals surface area contributed by atoms with Crippen LogP contribution in [0.3, 0.4) is 0 Å². The zero-order valence-electron chi connectivity index (χ0n) is 17.4. The van der Waals surface area contributed by atoms with Crippen molar-refractivity contribution >= 4 is 29.2 Å². The average Bonchev–Trinajstić information content (AvgIpc) is 2.66. The molecule has 0 aliphatic rings. The Balaban J connectivity index is 1.69. The van der Waals surface area contributed by atoms with E-state index < -0.39 is 5.97 Å². The summed E-state index contributed by atoms with van der Waals surface area (Å²) >= 11 is 0. The summed E-state index contributed by atoms with van der Waals surface area (Å²) in [4.78, 5) is 35.9. The summed E-state index contributed by atoms with van der Waals surface area (Å²) in [5.74, 6) is -1.04. The minimum absolute atomic E-state index is 0.0803. The van der Waals surface area contributed by atoms with Gasteiger partial charge in [0.15, 0.2) is 6.61 Å². The van der Waals surface area contributed by atoms with Crippen LogP contribution in [-0.2, 0) is 19.1 Å². The second-order valence-electron chi connectivity index (χ2n) is 7.20. The first-order chi connectivity index (χ1) is 13.8. The van der Waals surface area contributed by atoms with Crippen molar-refractivity contribution < 1.29 is 19.1 Å². The third-order valence-corrected chi connectivity index (χ3v) is 4.56. The molecule has 29 heavy (non-hydrogen) atoms. The van der Waals surface area contributed by atoms with Gasteiger partial charge in [0.1, 0.15) is 0 Å². The van der Waals surface area contributed by atoms with Crippen molar-refractivity contribution in [2.24, 2.45) is 0 Å². The van der Waals surface area contributed by atoms with Gasteiger partial charge in [0.25, 0.3) is 5.91 Å². The number of aryl methyl sites for hydroxylation is 4. The van der Waals surface area contributed by atoms with E-state index in [0.717, 1.165) is 33.6 Å². The van der Waals surface area contributed by atoms with E-state index in [9.17, 15) is 14.4 Å². The maximum atomic E-state index is 12.1. The Morgan fingerprint density at radius 1 is 0.828 bits per heavy atom. The zero-order valence-corrected chi connectivity index (χ0v) is 17.4. The number of ether oxygens (including phenoxy) is 1. The third kappa shape index (κ3) is 7.07. The fraction of sp³-hybridized carbons (Fsp3) is 0.348. The van der Waals surface area contributed by atoms with Crippen LogP contribution < -0.4 is 10.6 Å². The van der Waals surface area contributed by atoms with Gasteiger partial charge >= 0.3 is 5.97 Å². The number of para-hydroxylation sites is 1. The number of rotatable bonds is 8. The molecule has 0 bridgehead atoms. The van der Waals surface area contributed by atoms with Crippen molar-refractivity contribution in [1.82, 2.24) is 0 Å². The molecule has 2 N–H and O–H groups in total. The quantitative estimate of drug-likeness (QED) is 0.655. The number of benzene rings is 2. The van der Waals surface area contributed by atoms with Crippen molar-refractivity contribution in [3.05, 3.63) is 58.7 Å². The van der Waals surface area contributed by atoms with Gasteiger partial charge in [-0.2, -0.15) is 0 Å². The smallest absolute Gasteiger partial charge is 0.306 e. The van der Waals surface area contributed by atoms with Crippen molar-refractivity contribution in [3.63, 3.8) is 0 Å². The van der Waals surface area contributed by atoms with E-state index in [-0.39, 0.29) is 31.3 Å². The van der Waals surface area contributed by atoms with Gasteiger partial charge in [-0.1, -0.05) is 30.3 Å². The molecular formula is C23H28N2O4. The minimum atomic E-state index is -0.499. The fourth-order valence-electron chi connectivity index (χ4n) is 2.88. The van der Waals surface area contributed by atoms with Gasteiger partial charge < -0.3 is 15.4 Å². The van der Waals surface area contributed by atoms with Gasteiger partial charge in [-0.25, -0.2) is 0 Å². The molecule has 0 unspecified atom stereocenters. The standard InChI is InChI=1S/C23H28N2O4/c1-15-11-12-16(2)19(13-15)24-20(26)9-6-10-22(28)29-14-21(27)25-23-17(3)7-5-8-18(23)4/h5,7-8,11-13H,6,9-10,14H2,1-4H3,(H,24,26)(H,25,27). The number of nitrogens with one attached hydrogen (secondary N) is 2. The molecule has 6 heteroatoms. The van der Waals surface area contributed by atoms with Crippen LogP contribution in [0, 0.1) is 27.7 Å². The molecule has 0 aliphatic carbocycles. The first kappa shape index (κ1) is 22.1. The summed E-state index contributed by atoms with van der Waals surface area (Å²) in [6, 6.07) is 11.6. The van der Waals surface area contributed by atoms with Crippen LogP contribution in [0.4, 0.5) is 11.4 Å². The van der Waals surface area contributed by atoms with E-state index in [4.69, 9.17) is 4.74 Å². The molecular weight excluding hydrogens is 368 g/mol. The van der Waals surface area contributed by atoms with E-state index in [1.807, 2.05) is 64.1 Å². The molecule has 154 valence electrons. The molecule has 0 heterocycles. The predicted octanol–water partition coefficient (Wildman–Crippen LogP) is 4.21. The van der Waals surface area contributed by atoms with E-state index in [1.165, 1.54) is 0 Å². The largest absolute Gasteiger partial charge is 0.456 e. The fourth-order valence-corrected chi connectivity index (χ4v) is 2.88. The van der Waals surface area contributed by atoms with E-state index in [0.29, 0.717) is 6.42 Å². The van der Waals surface area contributed by atoms with Crippen molar-refractivity contribution in [2.75, 3.05) is 17.2 Å². The summed E-state index contributed by atoms with van der Waals surface area (Å²) in [7, 11) is 0. The van der Waals surface area contributed by atoms with Crippen LogP contribution in [0.5, 0.6) is 0 Å². The van der Waals surface area contributed by atoms with E-state index >= 15 is 0 Å². The molecule has 2 aromatic rings. The Morgan fingerprint density at radius 2 is 1.52 bits per heavy atom. The molecule has 0 spiro atoms. The Kier molecular flexibility index (Phi) is 7.95. The van der Waals surface area contributed by atoms with Crippen molar-refractivity contribution in [3.8, 4) is 0 Å². The molecule has 2 aromatic carbocycles. The van der Waals surface area contributed by atoms with E-state index in [1.54, 1.807) is 0 Å². The average molecular weight is 396 g/mol. The number of carbonyl (C=O) groups is 3. The molecule has 0 radical (unpaired) electrons. The Labute approximate surface area is 171 Å². The predicted molar refractivity (Wildman–Crippen MR) is 114 cm³/mol. The number of anilines is 2. The number of carbonyl (C=O) groups excluding carboxylic acids is 3. The van der Waals surface area contributed by atoms with Gasteiger partial charge in [-0.3, -0.25) is 14.4 Å². The second kappa shape index (κ2) is 10.4. The van der Waals surface area contributed by atoms with Gasteiger partial charge in [-0.05, 0) is 62.4 Å².